The van der Waals surface area contributed by atoms with E-state index in [0.717, 1.165) is 0 Å². The lowest BCUT2D eigenvalue weighted by atomic mass is 10.2. The van der Waals surface area contributed by atoms with Gasteiger partial charge in [-0.2, -0.15) is 0 Å². The van der Waals surface area contributed by atoms with Crippen LogP contribution < -0.4 is 0 Å². The van der Waals surface area contributed by atoms with Gasteiger partial charge in [0.25, 0.3) is 0 Å². The predicted molar refractivity (Wildman–Crippen MR) is 57.3 cm³/mol. The van der Waals surface area contributed by atoms with Gasteiger partial charge in [0.05, 0.1) is 10.2 Å². The van der Waals surface area contributed by atoms with Crippen molar-refractivity contribution in [2.45, 2.75) is 12.7 Å². The summed E-state index contributed by atoms with van der Waals surface area (Å²) in [7, 11) is -3.08. The molecule has 0 bridgehead atoms. The van der Waals surface area contributed by atoms with Crippen molar-refractivity contribution in [2.75, 3.05) is 5.75 Å². The summed E-state index contributed by atoms with van der Waals surface area (Å²) in [5.74, 6) is -0.466. The monoisotopic (exact) mass is 280 g/mol. The first-order valence-electron chi connectivity index (χ1n) is 4.09. The van der Waals surface area contributed by atoms with Crippen LogP contribution in [0.5, 0.6) is 0 Å². The van der Waals surface area contributed by atoms with Crippen molar-refractivity contribution < 1.29 is 12.8 Å². The molecule has 78 valence electrons. The van der Waals surface area contributed by atoms with Gasteiger partial charge in [-0.05, 0) is 33.6 Å². The van der Waals surface area contributed by atoms with Gasteiger partial charge in [-0.25, -0.2) is 12.8 Å². The first-order valence-corrected chi connectivity index (χ1v) is 6.70. The highest BCUT2D eigenvalue weighted by molar-refractivity contribution is 9.10. The van der Waals surface area contributed by atoms with Crippen LogP contribution in [-0.4, -0.2) is 14.2 Å². The van der Waals surface area contributed by atoms with Crippen LogP contribution in [0, 0.1) is 5.82 Å². The molecule has 0 atom stereocenters. The molecular formula is C9H10BrFO2S. The molecule has 0 saturated carbocycles. The number of halogens is 2. The van der Waals surface area contributed by atoms with E-state index >= 15 is 0 Å². The second-order valence-corrected chi connectivity index (χ2v) is 6.13. The number of sulfone groups is 1. The van der Waals surface area contributed by atoms with Crippen LogP contribution in [0.4, 0.5) is 4.39 Å². The third kappa shape index (κ3) is 3.06. The molecule has 0 fully saturated rings. The fourth-order valence-electron chi connectivity index (χ4n) is 0.985. The van der Waals surface area contributed by atoms with Gasteiger partial charge in [0.1, 0.15) is 5.82 Å². The third-order valence-electron chi connectivity index (χ3n) is 1.81. The summed E-state index contributed by atoms with van der Waals surface area (Å²) in [6.07, 6.45) is 0. The smallest absolute Gasteiger partial charge is 0.154 e. The van der Waals surface area contributed by atoms with E-state index in [1.165, 1.54) is 12.1 Å². The van der Waals surface area contributed by atoms with E-state index in [9.17, 15) is 12.8 Å². The number of hydrogen-bond donors (Lipinski definition) is 0. The second kappa shape index (κ2) is 4.40. The normalized spacial score (nSPS) is 11.6. The second-order valence-electron chi connectivity index (χ2n) is 2.93. The molecule has 14 heavy (non-hydrogen) atoms. The topological polar surface area (TPSA) is 34.1 Å². The van der Waals surface area contributed by atoms with Gasteiger partial charge in [-0.3, -0.25) is 0 Å². The standard InChI is InChI=1S/C9H10BrFO2S/c1-2-14(12,13)6-7-3-4-8(10)9(11)5-7/h3-5H,2,6H2,1H3. The fraction of sp³-hybridized carbons (Fsp3) is 0.333. The maximum Gasteiger partial charge on any atom is 0.154 e. The average Bonchev–Trinajstić information content (AvgIpc) is 2.11. The predicted octanol–water partition coefficient (Wildman–Crippen LogP) is 2.52. The number of rotatable bonds is 3. The summed E-state index contributed by atoms with van der Waals surface area (Å²) in [6.45, 7) is 1.57. The maximum absolute atomic E-state index is 13.0. The van der Waals surface area contributed by atoms with Crippen molar-refractivity contribution in [1.29, 1.82) is 0 Å². The first-order chi connectivity index (χ1) is 6.44. The van der Waals surface area contributed by atoms with Crippen LogP contribution in [0.1, 0.15) is 12.5 Å². The lowest BCUT2D eigenvalue weighted by Gasteiger charge is -2.02. The summed E-state index contributed by atoms with van der Waals surface area (Å²) >= 11 is 3.00. The van der Waals surface area contributed by atoms with Crippen molar-refractivity contribution in [3.05, 3.63) is 34.1 Å². The molecule has 0 aromatic heterocycles. The van der Waals surface area contributed by atoms with E-state index in [-0.39, 0.29) is 11.5 Å². The van der Waals surface area contributed by atoms with Crippen LogP contribution in [0.25, 0.3) is 0 Å². The zero-order valence-electron chi connectivity index (χ0n) is 7.63. The Morgan fingerprint density at radius 3 is 2.57 bits per heavy atom. The quantitative estimate of drug-likeness (QED) is 0.853. The van der Waals surface area contributed by atoms with Crippen molar-refractivity contribution in [3.63, 3.8) is 0 Å². The molecule has 0 aliphatic carbocycles. The average molecular weight is 281 g/mol. The highest BCUT2D eigenvalue weighted by Crippen LogP contribution is 2.17. The summed E-state index contributed by atoms with van der Waals surface area (Å²) in [6, 6.07) is 4.34. The van der Waals surface area contributed by atoms with Gasteiger partial charge in [-0.15, -0.1) is 0 Å². The molecule has 2 nitrogen and oxygen atoms in total. The van der Waals surface area contributed by atoms with Crippen LogP contribution in [0.3, 0.4) is 0 Å². The molecule has 0 radical (unpaired) electrons. The summed E-state index contributed by atoms with van der Waals surface area (Å²) < 4.78 is 35.8. The van der Waals surface area contributed by atoms with E-state index in [1.807, 2.05) is 0 Å². The van der Waals surface area contributed by atoms with Crippen molar-refractivity contribution >= 4 is 25.8 Å². The highest BCUT2D eigenvalue weighted by atomic mass is 79.9. The molecule has 1 aromatic carbocycles. The Balaban J connectivity index is 2.94. The molecule has 5 heteroatoms. The Morgan fingerprint density at radius 1 is 1.43 bits per heavy atom. The molecular weight excluding hydrogens is 271 g/mol. The van der Waals surface area contributed by atoms with Gasteiger partial charge in [0.15, 0.2) is 9.84 Å². The lowest BCUT2D eigenvalue weighted by molar-refractivity contribution is 0.595. The molecule has 0 saturated heterocycles. The summed E-state index contributed by atoms with van der Waals surface area (Å²) in [5, 5.41) is 0. The molecule has 0 aliphatic heterocycles. The summed E-state index contributed by atoms with van der Waals surface area (Å²) in [5.41, 5.74) is 0.479. The van der Waals surface area contributed by atoms with E-state index in [4.69, 9.17) is 0 Å². The van der Waals surface area contributed by atoms with Gasteiger partial charge >= 0.3 is 0 Å². The highest BCUT2D eigenvalue weighted by Gasteiger charge is 2.10. The van der Waals surface area contributed by atoms with Crippen LogP contribution in [0.2, 0.25) is 0 Å². The van der Waals surface area contributed by atoms with E-state index in [2.05, 4.69) is 15.9 Å². The Bertz CT molecular complexity index is 428. The van der Waals surface area contributed by atoms with E-state index in [1.54, 1.807) is 13.0 Å². The largest absolute Gasteiger partial charge is 0.229 e. The number of benzene rings is 1. The van der Waals surface area contributed by atoms with Gasteiger partial charge in [-0.1, -0.05) is 13.0 Å². The van der Waals surface area contributed by atoms with Crippen molar-refractivity contribution in [3.8, 4) is 0 Å². The zero-order valence-corrected chi connectivity index (χ0v) is 10.0. The Morgan fingerprint density at radius 2 is 2.07 bits per heavy atom. The minimum Gasteiger partial charge on any atom is -0.229 e. The molecule has 0 heterocycles. The fourth-order valence-corrected chi connectivity index (χ4v) is 2.12. The van der Waals surface area contributed by atoms with Crippen LogP contribution in [-0.2, 0) is 15.6 Å². The Kier molecular flexibility index (Phi) is 3.66. The Labute approximate surface area is 91.2 Å². The van der Waals surface area contributed by atoms with Gasteiger partial charge in [0, 0.05) is 5.75 Å². The van der Waals surface area contributed by atoms with Crippen molar-refractivity contribution in [2.24, 2.45) is 0 Å². The number of hydrogen-bond acceptors (Lipinski definition) is 2. The minimum absolute atomic E-state index is 0.0741. The molecule has 1 rings (SSSR count). The first kappa shape index (κ1) is 11.7. The molecule has 0 N–H and O–H groups in total. The maximum atomic E-state index is 13.0. The zero-order chi connectivity index (χ0) is 10.8. The molecule has 0 aliphatic rings. The van der Waals surface area contributed by atoms with Crippen LogP contribution in [0.15, 0.2) is 22.7 Å². The lowest BCUT2D eigenvalue weighted by Crippen LogP contribution is -2.06. The summed E-state index contributed by atoms with van der Waals surface area (Å²) in [4.78, 5) is 0. The Hall–Kier alpha value is -0.420. The molecule has 1 aromatic rings. The molecule has 0 unspecified atom stereocenters. The van der Waals surface area contributed by atoms with Crippen molar-refractivity contribution in [1.82, 2.24) is 0 Å². The van der Waals surface area contributed by atoms with Crippen LogP contribution >= 0.6 is 15.9 Å². The van der Waals surface area contributed by atoms with Gasteiger partial charge in [0.2, 0.25) is 0 Å². The third-order valence-corrected chi connectivity index (χ3v) is 4.11. The molecule has 0 spiro atoms. The SMILES string of the molecule is CCS(=O)(=O)Cc1ccc(Br)c(F)c1. The van der Waals surface area contributed by atoms with E-state index in [0.29, 0.717) is 10.0 Å². The molecule has 0 amide bonds. The minimum atomic E-state index is -3.08. The van der Waals surface area contributed by atoms with Gasteiger partial charge < -0.3 is 0 Å². The van der Waals surface area contributed by atoms with E-state index < -0.39 is 15.7 Å².